The Morgan fingerprint density at radius 3 is 2.80 bits per heavy atom. The van der Waals surface area contributed by atoms with Crippen molar-refractivity contribution in [3.8, 4) is 0 Å². The van der Waals surface area contributed by atoms with E-state index in [2.05, 4.69) is 35.8 Å². The summed E-state index contributed by atoms with van der Waals surface area (Å²) in [5.41, 5.74) is 0. The van der Waals surface area contributed by atoms with Crippen LogP contribution in [-0.2, 0) is 4.74 Å². The van der Waals surface area contributed by atoms with Crippen molar-refractivity contribution in [3.63, 3.8) is 0 Å². The topological polar surface area (TPSA) is 21.3 Å². The van der Waals surface area contributed by atoms with Crippen LogP contribution in [0.5, 0.6) is 0 Å². The zero-order chi connectivity index (χ0) is 13.9. The molecule has 2 aromatic heterocycles. The molecule has 1 unspecified atom stereocenters. The van der Waals surface area contributed by atoms with Crippen LogP contribution in [0.3, 0.4) is 0 Å². The monoisotopic (exact) mass is 327 g/mol. The van der Waals surface area contributed by atoms with Crippen LogP contribution in [0, 0.1) is 0 Å². The minimum absolute atomic E-state index is 0.264. The normalized spacial score (nSPS) is 23.5. The number of thiophene rings is 2. The van der Waals surface area contributed by atoms with Crippen LogP contribution < -0.4 is 5.32 Å². The van der Waals surface area contributed by atoms with E-state index in [0.29, 0.717) is 12.1 Å². The molecular weight excluding hydrogens is 310 g/mol. The van der Waals surface area contributed by atoms with Crippen LogP contribution in [0.2, 0.25) is 4.34 Å². The predicted octanol–water partition coefficient (Wildman–Crippen LogP) is 4.71. The number of hydrogen-bond acceptors (Lipinski definition) is 4. The molecule has 1 atom stereocenters. The maximum atomic E-state index is 6.09. The average Bonchev–Trinajstić information content (AvgIpc) is 3.03. The molecule has 0 aromatic carbocycles. The summed E-state index contributed by atoms with van der Waals surface area (Å²) >= 11 is 9.54. The van der Waals surface area contributed by atoms with Gasteiger partial charge in [0.15, 0.2) is 0 Å². The van der Waals surface area contributed by atoms with Gasteiger partial charge in [0, 0.05) is 22.4 Å². The molecule has 0 amide bonds. The van der Waals surface area contributed by atoms with Gasteiger partial charge in [0.2, 0.25) is 0 Å². The summed E-state index contributed by atoms with van der Waals surface area (Å²) in [4.78, 5) is 2.64. The second-order valence-electron chi connectivity index (χ2n) is 5.00. The van der Waals surface area contributed by atoms with Crippen molar-refractivity contribution in [1.29, 1.82) is 0 Å². The summed E-state index contributed by atoms with van der Waals surface area (Å²) in [6.07, 6.45) is 2.65. The fourth-order valence-corrected chi connectivity index (χ4v) is 4.57. The minimum atomic E-state index is 0.264. The fourth-order valence-electron chi connectivity index (χ4n) is 2.55. The van der Waals surface area contributed by atoms with E-state index in [-0.39, 0.29) is 6.04 Å². The molecule has 0 bridgehead atoms. The van der Waals surface area contributed by atoms with Gasteiger partial charge in [-0.1, -0.05) is 17.7 Å². The first-order chi connectivity index (χ1) is 9.76. The minimum Gasteiger partial charge on any atom is -0.378 e. The van der Waals surface area contributed by atoms with Gasteiger partial charge in [0.25, 0.3) is 0 Å². The maximum absolute atomic E-state index is 6.09. The van der Waals surface area contributed by atoms with Crippen LogP contribution >= 0.6 is 34.3 Å². The molecule has 108 valence electrons. The lowest BCUT2D eigenvalue weighted by Gasteiger charge is -2.37. The van der Waals surface area contributed by atoms with E-state index in [4.69, 9.17) is 16.3 Å². The van der Waals surface area contributed by atoms with Crippen LogP contribution in [0.15, 0.2) is 29.6 Å². The summed E-state index contributed by atoms with van der Waals surface area (Å²) in [7, 11) is 0. The van der Waals surface area contributed by atoms with Gasteiger partial charge >= 0.3 is 0 Å². The number of nitrogens with one attached hydrogen (secondary N) is 1. The van der Waals surface area contributed by atoms with Crippen LogP contribution in [0.25, 0.3) is 0 Å². The van der Waals surface area contributed by atoms with Crippen molar-refractivity contribution in [3.05, 3.63) is 43.7 Å². The lowest BCUT2D eigenvalue weighted by Crippen LogP contribution is -2.46. The predicted molar refractivity (Wildman–Crippen MR) is 87.1 cm³/mol. The lowest BCUT2D eigenvalue weighted by molar-refractivity contribution is -0.0113. The quantitative estimate of drug-likeness (QED) is 0.829. The van der Waals surface area contributed by atoms with Gasteiger partial charge in [-0.2, -0.15) is 0 Å². The van der Waals surface area contributed by atoms with Gasteiger partial charge in [-0.05, 0) is 43.3 Å². The van der Waals surface area contributed by atoms with Crippen LogP contribution in [0.1, 0.15) is 35.6 Å². The first kappa shape index (κ1) is 14.5. The van der Waals surface area contributed by atoms with E-state index in [1.807, 2.05) is 6.07 Å². The van der Waals surface area contributed by atoms with E-state index in [1.165, 1.54) is 9.75 Å². The van der Waals surface area contributed by atoms with Crippen molar-refractivity contribution < 1.29 is 4.74 Å². The van der Waals surface area contributed by atoms with Gasteiger partial charge in [0.05, 0.1) is 16.5 Å². The summed E-state index contributed by atoms with van der Waals surface area (Å²) in [5.74, 6) is 0. The molecule has 0 aliphatic heterocycles. The highest BCUT2D eigenvalue weighted by Crippen LogP contribution is 2.35. The smallest absolute Gasteiger partial charge is 0.0931 e. The Morgan fingerprint density at radius 1 is 1.35 bits per heavy atom. The zero-order valence-electron chi connectivity index (χ0n) is 11.3. The van der Waals surface area contributed by atoms with E-state index in [9.17, 15) is 0 Å². The Kier molecular flexibility index (Phi) is 4.79. The second kappa shape index (κ2) is 6.58. The third-order valence-electron chi connectivity index (χ3n) is 3.61. The lowest BCUT2D eigenvalue weighted by atomic mass is 9.88. The van der Waals surface area contributed by atoms with Gasteiger partial charge in [-0.25, -0.2) is 0 Å². The number of halogens is 1. The Balaban J connectivity index is 1.68. The molecule has 1 fully saturated rings. The highest BCUT2D eigenvalue weighted by atomic mass is 35.5. The first-order valence-corrected chi connectivity index (χ1v) is 9.00. The molecular formula is C15H18ClNOS2. The standard InChI is InChI=1S/C15H18ClNOS2/c1-2-18-11-8-10(9-11)17-15(12-4-3-7-19-12)13-5-6-14(16)20-13/h3-7,10-11,15,17H,2,8-9H2,1H3. The highest BCUT2D eigenvalue weighted by Gasteiger charge is 2.32. The molecule has 1 aliphatic rings. The molecule has 0 saturated heterocycles. The Hall–Kier alpha value is -0.390. The number of ether oxygens (including phenoxy) is 1. The second-order valence-corrected chi connectivity index (χ2v) is 7.73. The molecule has 1 saturated carbocycles. The van der Waals surface area contributed by atoms with Gasteiger partial charge < -0.3 is 10.1 Å². The summed E-state index contributed by atoms with van der Waals surface area (Å²) in [5, 5.41) is 5.88. The molecule has 1 aliphatic carbocycles. The van der Waals surface area contributed by atoms with E-state index in [0.717, 1.165) is 23.8 Å². The molecule has 2 nitrogen and oxygen atoms in total. The number of rotatable bonds is 6. The van der Waals surface area contributed by atoms with Crippen molar-refractivity contribution in [2.24, 2.45) is 0 Å². The summed E-state index contributed by atoms with van der Waals surface area (Å²) in [6.45, 7) is 2.87. The molecule has 20 heavy (non-hydrogen) atoms. The number of hydrogen-bond donors (Lipinski definition) is 1. The first-order valence-electron chi connectivity index (χ1n) is 6.92. The van der Waals surface area contributed by atoms with Crippen molar-refractivity contribution in [2.75, 3.05) is 6.61 Å². The Morgan fingerprint density at radius 2 is 2.20 bits per heavy atom. The van der Waals surface area contributed by atoms with Gasteiger partial charge in [-0.15, -0.1) is 22.7 Å². The van der Waals surface area contributed by atoms with E-state index in [1.54, 1.807) is 22.7 Å². The Bertz CT molecular complexity index is 534. The SMILES string of the molecule is CCOC1CC(NC(c2cccs2)c2ccc(Cl)s2)C1. The molecule has 2 aromatic rings. The van der Waals surface area contributed by atoms with Crippen molar-refractivity contribution >= 4 is 34.3 Å². The highest BCUT2D eigenvalue weighted by molar-refractivity contribution is 7.16. The summed E-state index contributed by atoms with van der Waals surface area (Å²) < 4.78 is 6.49. The van der Waals surface area contributed by atoms with E-state index >= 15 is 0 Å². The zero-order valence-corrected chi connectivity index (χ0v) is 13.7. The molecule has 0 radical (unpaired) electrons. The van der Waals surface area contributed by atoms with Gasteiger partial charge in [-0.3, -0.25) is 0 Å². The molecule has 0 spiro atoms. The molecule has 1 N–H and O–H groups in total. The average molecular weight is 328 g/mol. The maximum Gasteiger partial charge on any atom is 0.0931 e. The van der Waals surface area contributed by atoms with Crippen LogP contribution in [0.4, 0.5) is 0 Å². The van der Waals surface area contributed by atoms with Crippen molar-refractivity contribution in [2.45, 2.75) is 38.0 Å². The van der Waals surface area contributed by atoms with E-state index < -0.39 is 0 Å². The fraction of sp³-hybridized carbons (Fsp3) is 0.467. The van der Waals surface area contributed by atoms with Gasteiger partial charge in [0.1, 0.15) is 0 Å². The third-order valence-corrected chi connectivity index (χ3v) is 5.84. The molecule has 2 heterocycles. The summed E-state index contributed by atoms with van der Waals surface area (Å²) in [6, 6.07) is 9.21. The third kappa shape index (κ3) is 3.26. The van der Waals surface area contributed by atoms with Crippen molar-refractivity contribution in [1.82, 2.24) is 5.32 Å². The van der Waals surface area contributed by atoms with Crippen LogP contribution in [-0.4, -0.2) is 18.8 Å². The molecule has 5 heteroatoms. The largest absolute Gasteiger partial charge is 0.378 e. The molecule has 3 rings (SSSR count). The Labute approximate surface area is 132 Å².